The molecule has 3 nitrogen and oxygen atoms in total. The lowest BCUT2D eigenvalue weighted by molar-refractivity contribution is 0.585. The van der Waals surface area contributed by atoms with Crippen molar-refractivity contribution < 1.29 is 8.78 Å². The molecule has 84 valence electrons. The van der Waals surface area contributed by atoms with Gasteiger partial charge < -0.3 is 0 Å². The number of nitrogens with zero attached hydrogens (tertiary/aromatic N) is 2. The Morgan fingerprint density at radius 2 is 1.94 bits per heavy atom. The molecule has 0 atom stereocenters. The molecule has 2 heterocycles. The predicted molar refractivity (Wildman–Crippen MR) is 59.2 cm³/mol. The van der Waals surface area contributed by atoms with Gasteiger partial charge in [-0.1, -0.05) is 0 Å². The van der Waals surface area contributed by atoms with Crippen molar-refractivity contribution in [3.05, 3.63) is 48.3 Å². The van der Waals surface area contributed by atoms with Crippen LogP contribution in [0.4, 0.5) is 8.78 Å². The fourth-order valence-electron chi connectivity index (χ4n) is 1.70. The van der Waals surface area contributed by atoms with Crippen molar-refractivity contribution in [2.45, 2.75) is 0 Å². The minimum atomic E-state index is -0.606. The van der Waals surface area contributed by atoms with Gasteiger partial charge in [-0.2, -0.15) is 5.10 Å². The molecule has 2 aromatic heterocycles. The molecule has 0 saturated carbocycles. The molecule has 3 rings (SSSR count). The number of aromatic nitrogens is 3. The number of nitrogens with one attached hydrogen (secondary N) is 1. The van der Waals surface area contributed by atoms with Gasteiger partial charge in [-0.15, -0.1) is 0 Å². The summed E-state index contributed by atoms with van der Waals surface area (Å²) in [5, 5.41) is 6.58. The van der Waals surface area contributed by atoms with Crippen LogP contribution in [0, 0.1) is 11.6 Å². The van der Waals surface area contributed by atoms with E-state index in [9.17, 15) is 8.78 Å². The molecule has 1 N–H and O–H groups in total. The van der Waals surface area contributed by atoms with Crippen molar-refractivity contribution in [3.63, 3.8) is 0 Å². The summed E-state index contributed by atoms with van der Waals surface area (Å²) >= 11 is 0. The lowest BCUT2D eigenvalue weighted by Gasteiger charge is -2.02. The molecule has 5 heteroatoms. The van der Waals surface area contributed by atoms with Crippen LogP contribution in [0.5, 0.6) is 0 Å². The average Bonchev–Trinajstić information content (AvgIpc) is 2.75. The van der Waals surface area contributed by atoms with E-state index in [1.807, 2.05) is 0 Å². The number of aromatic amines is 1. The van der Waals surface area contributed by atoms with E-state index in [2.05, 4.69) is 15.2 Å². The van der Waals surface area contributed by atoms with Crippen LogP contribution in [-0.4, -0.2) is 15.2 Å². The van der Waals surface area contributed by atoms with Crippen LogP contribution in [0.1, 0.15) is 0 Å². The lowest BCUT2D eigenvalue weighted by Crippen LogP contribution is -1.87. The van der Waals surface area contributed by atoms with Crippen molar-refractivity contribution in [1.29, 1.82) is 0 Å². The highest BCUT2D eigenvalue weighted by molar-refractivity contribution is 5.79. The third-order valence-corrected chi connectivity index (χ3v) is 2.53. The van der Waals surface area contributed by atoms with Gasteiger partial charge in [0.05, 0.1) is 11.7 Å². The van der Waals surface area contributed by atoms with Crippen LogP contribution in [0.2, 0.25) is 0 Å². The molecule has 0 aliphatic heterocycles. The first-order valence-corrected chi connectivity index (χ1v) is 4.98. The molecule has 0 aliphatic rings. The van der Waals surface area contributed by atoms with Gasteiger partial charge >= 0.3 is 0 Å². The summed E-state index contributed by atoms with van der Waals surface area (Å²) in [6.45, 7) is 0. The third-order valence-electron chi connectivity index (χ3n) is 2.53. The molecule has 3 aromatic rings. The summed E-state index contributed by atoms with van der Waals surface area (Å²) < 4.78 is 26.4. The second kappa shape index (κ2) is 3.62. The summed E-state index contributed by atoms with van der Waals surface area (Å²) in [6, 6.07) is 5.19. The van der Waals surface area contributed by atoms with E-state index >= 15 is 0 Å². The first-order valence-electron chi connectivity index (χ1n) is 4.98. The molecular formula is C12H7F2N3. The number of fused-ring (bicyclic) bond motifs is 1. The summed E-state index contributed by atoms with van der Waals surface area (Å²) in [4.78, 5) is 4.13. The topological polar surface area (TPSA) is 41.6 Å². The molecular weight excluding hydrogens is 224 g/mol. The zero-order valence-electron chi connectivity index (χ0n) is 8.61. The van der Waals surface area contributed by atoms with E-state index in [1.165, 1.54) is 18.3 Å². The fraction of sp³-hybridized carbons (Fsp3) is 0. The quantitative estimate of drug-likeness (QED) is 0.699. The predicted octanol–water partition coefficient (Wildman–Crippen LogP) is 2.90. The maximum Gasteiger partial charge on any atom is 0.133 e. The molecule has 0 radical (unpaired) electrons. The van der Waals surface area contributed by atoms with Crippen LogP contribution in [0.3, 0.4) is 0 Å². The number of pyridine rings is 1. The highest BCUT2D eigenvalue weighted by Gasteiger charge is 2.08. The minimum Gasteiger partial charge on any atom is -0.276 e. The molecule has 17 heavy (non-hydrogen) atoms. The van der Waals surface area contributed by atoms with Gasteiger partial charge in [-0.3, -0.25) is 10.1 Å². The van der Waals surface area contributed by atoms with Gasteiger partial charge in [0.25, 0.3) is 0 Å². The number of halogens is 2. The maximum atomic E-state index is 13.6. The third kappa shape index (κ3) is 1.65. The van der Waals surface area contributed by atoms with Crippen molar-refractivity contribution in [2.75, 3.05) is 0 Å². The Balaban J connectivity index is 2.19. The normalized spacial score (nSPS) is 10.9. The van der Waals surface area contributed by atoms with Crippen molar-refractivity contribution >= 4 is 11.0 Å². The molecule has 0 unspecified atom stereocenters. The van der Waals surface area contributed by atoms with E-state index in [1.54, 1.807) is 12.3 Å². The molecule has 0 saturated heterocycles. The highest BCUT2D eigenvalue weighted by Crippen LogP contribution is 2.24. The first kappa shape index (κ1) is 9.89. The van der Waals surface area contributed by atoms with Crippen molar-refractivity contribution in [3.8, 4) is 11.1 Å². The zero-order valence-corrected chi connectivity index (χ0v) is 8.61. The maximum absolute atomic E-state index is 13.6. The Bertz CT molecular complexity index is 691. The summed E-state index contributed by atoms with van der Waals surface area (Å²) in [7, 11) is 0. The van der Waals surface area contributed by atoms with Gasteiger partial charge in [-0.05, 0) is 18.2 Å². The van der Waals surface area contributed by atoms with Gasteiger partial charge in [0.1, 0.15) is 17.2 Å². The highest BCUT2D eigenvalue weighted by atomic mass is 19.1. The standard InChI is InChI=1S/C12H7F2N3/c13-8-1-2-9(10(14)4-8)7-3-11-12(15-5-7)6-16-17-11/h1-6H,(H,16,17). The zero-order chi connectivity index (χ0) is 11.8. The van der Waals surface area contributed by atoms with E-state index in [-0.39, 0.29) is 0 Å². The smallest absolute Gasteiger partial charge is 0.133 e. The Labute approximate surface area is 95.1 Å². The Morgan fingerprint density at radius 1 is 1.06 bits per heavy atom. The second-order valence-corrected chi connectivity index (χ2v) is 3.65. The van der Waals surface area contributed by atoms with Gasteiger partial charge in [0.15, 0.2) is 0 Å². The minimum absolute atomic E-state index is 0.315. The SMILES string of the molecule is Fc1ccc(-c2cnc3cn[nH]c3c2)c(F)c1. The Kier molecular flexibility index (Phi) is 2.11. The summed E-state index contributed by atoms with van der Waals surface area (Å²) in [6.07, 6.45) is 3.12. The number of hydrogen-bond acceptors (Lipinski definition) is 2. The van der Waals surface area contributed by atoms with Crippen LogP contribution < -0.4 is 0 Å². The number of hydrogen-bond donors (Lipinski definition) is 1. The fourth-order valence-corrected chi connectivity index (χ4v) is 1.70. The van der Waals surface area contributed by atoms with Crippen LogP contribution in [-0.2, 0) is 0 Å². The van der Waals surface area contributed by atoms with Crippen LogP contribution >= 0.6 is 0 Å². The van der Waals surface area contributed by atoms with Crippen molar-refractivity contribution in [1.82, 2.24) is 15.2 Å². The average molecular weight is 231 g/mol. The van der Waals surface area contributed by atoms with E-state index in [4.69, 9.17) is 0 Å². The van der Waals surface area contributed by atoms with Crippen molar-refractivity contribution in [2.24, 2.45) is 0 Å². The van der Waals surface area contributed by atoms with Crippen LogP contribution in [0.15, 0.2) is 36.7 Å². The molecule has 1 aromatic carbocycles. The molecule has 0 spiro atoms. The molecule has 0 amide bonds. The molecule has 0 bridgehead atoms. The first-order chi connectivity index (χ1) is 8.24. The van der Waals surface area contributed by atoms with Crippen LogP contribution in [0.25, 0.3) is 22.2 Å². The van der Waals surface area contributed by atoms with E-state index in [0.717, 1.165) is 6.07 Å². The van der Waals surface area contributed by atoms with Gasteiger partial charge in [-0.25, -0.2) is 8.78 Å². The largest absolute Gasteiger partial charge is 0.276 e. The molecule has 0 fully saturated rings. The van der Waals surface area contributed by atoms with Gasteiger partial charge in [0, 0.05) is 23.4 Å². The summed E-state index contributed by atoms with van der Waals surface area (Å²) in [5.41, 5.74) is 2.32. The molecule has 0 aliphatic carbocycles. The summed E-state index contributed by atoms with van der Waals surface area (Å²) in [5.74, 6) is -1.20. The van der Waals surface area contributed by atoms with Gasteiger partial charge in [0.2, 0.25) is 0 Å². The van der Waals surface area contributed by atoms with E-state index in [0.29, 0.717) is 22.2 Å². The monoisotopic (exact) mass is 231 g/mol. The Morgan fingerprint density at radius 3 is 2.76 bits per heavy atom. The number of H-pyrrole nitrogens is 1. The Hall–Kier alpha value is -2.30. The lowest BCUT2D eigenvalue weighted by atomic mass is 10.1. The second-order valence-electron chi connectivity index (χ2n) is 3.65. The number of benzene rings is 1. The van der Waals surface area contributed by atoms with E-state index < -0.39 is 11.6 Å². The number of rotatable bonds is 1.